The van der Waals surface area contributed by atoms with Gasteiger partial charge in [0.1, 0.15) is 17.2 Å². The standard InChI is InChI=1S/C25H26N2O4/c1-13-10-18-16(4)23(31-20(18)11-14(13)2)22(28)21-15(3)19(12-26)24(29)27(25(21)30)17-8-6-5-7-9-17/h10-11,17,30H,5-9H2,1-4H3. The number of aromatic hydroxyl groups is 1. The second kappa shape index (κ2) is 7.73. The number of nitriles is 1. The Hall–Kier alpha value is -3.33. The third kappa shape index (κ3) is 3.25. The van der Waals surface area contributed by atoms with Gasteiger partial charge in [0.2, 0.25) is 11.7 Å². The number of aromatic nitrogens is 1. The zero-order valence-corrected chi connectivity index (χ0v) is 18.3. The van der Waals surface area contributed by atoms with Crippen molar-refractivity contribution in [3.63, 3.8) is 0 Å². The first kappa shape index (κ1) is 20.9. The van der Waals surface area contributed by atoms with Crippen LogP contribution in [0, 0.1) is 39.0 Å². The van der Waals surface area contributed by atoms with Crippen LogP contribution in [0.5, 0.6) is 5.88 Å². The SMILES string of the molecule is Cc1cc2oc(C(=O)c3c(C)c(C#N)c(=O)n(C4CCCCC4)c3O)c(C)c2cc1C. The van der Waals surface area contributed by atoms with E-state index in [2.05, 4.69) is 0 Å². The van der Waals surface area contributed by atoms with Gasteiger partial charge < -0.3 is 9.52 Å². The van der Waals surface area contributed by atoms with Crippen LogP contribution in [-0.4, -0.2) is 15.5 Å². The molecule has 0 spiro atoms. The number of hydrogen-bond acceptors (Lipinski definition) is 5. The Labute approximate surface area is 180 Å². The van der Waals surface area contributed by atoms with Crippen molar-refractivity contribution in [1.82, 2.24) is 4.57 Å². The molecule has 6 nitrogen and oxygen atoms in total. The normalized spacial score (nSPS) is 14.7. The molecule has 0 unspecified atom stereocenters. The van der Waals surface area contributed by atoms with Crippen molar-refractivity contribution in [2.45, 2.75) is 65.8 Å². The van der Waals surface area contributed by atoms with E-state index in [1.54, 1.807) is 0 Å². The molecule has 1 aliphatic carbocycles. The monoisotopic (exact) mass is 418 g/mol. The van der Waals surface area contributed by atoms with Crippen molar-refractivity contribution in [3.05, 3.63) is 61.6 Å². The van der Waals surface area contributed by atoms with Crippen LogP contribution in [0.1, 0.15) is 82.1 Å². The van der Waals surface area contributed by atoms with Crippen molar-refractivity contribution < 1.29 is 14.3 Å². The number of aryl methyl sites for hydroxylation is 3. The summed E-state index contributed by atoms with van der Waals surface area (Å²) in [6, 6.07) is 5.60. The smallest absolute Gasteiger partial charge is 0.271 e. The van der Waals surface area contributed by atoms with E-state index in [1.165, 1.54) is 11.5 Å². The molecule has 2 heterocycles. The van der Waals surface area contributed by atoms with Crippen LogP contribution >= 0.6 is 0 Å². The first-order valence-corrected chi connectivity index (χ1v) is 10.7. The molecule has 0 bridgehead atoms. The Kier molecular flexibility index (Phi) is 5.22. The summed E-state index contributed by atoms with van der Waals surface area (Å²) in [4.78, 5) is 26.6. The highest BCUT2D eigenvalue weighted by atomic mass is 16.3. The minimum absolute atomic E-state index is 0.0303. The van der Waals surface area contributed by atoms with Gasteiger partial charge in [-0.3, -0.25) is 14.2 Å². The maximum atomic E-state index is 13.6. The number of benzene rings is 1. The van der Waals surface area contributed by atoms with Crippen LogP contribution in [-0.2, 0) is 0 Å². The molecule has 1 aliphatic rings. The fourth-order valence-corrected chi connectivity index (χ4v) is 4.68. The predicted molar refractivity (Wildman–Crippen MR) is 118 cm³/mol. The number of carbonyl (C=O) groups excluding carboxylic acids is 1. The lowest BCUT2D eigenvalue weighted by atomic mass is 9.93. The van der Waals surface area contributed by atoms with E-state index < -0.39 is 11.3 Å². The Morgan fingerprint density at radius 3 is 2.39 bits per heavy atom. The molecule has 6 heteroatoms. The topological polar surface area (TPSA) is 96.2 Å². The largest absolute Gasteiger partial charge is 0.494 e. The molecule has 1 saturated carbocycles. The van der Waals surface area contributed by atoms with Crippen LogP contribution in [0.25, 0.3) is 11.0 Å². The molecule has 31 heavy (non-hydrogen) atoms. The van der Waals surface area contributed by atoms with Gasteiger partial charge in [-0.1, -0.05) is 19.3 Å². The Morgan fingerprint density at radius 2 is 1.74 bits per heavy atom. The van der Waals surface area contributed by atoms with Crippen LogP contribution in [0.4, 0.5) is 0 Å². The average molecular weight is 418 g/mol. The lowest BCUT2D eigenvalue weighted by Crippen LogP contribution is -2.31. The molecule has 3 aromatic rings. The van der Waals surface area contributed by atoms with Gasteiger partial charge in [0.15, 0.2) is 5.76 Å². The number of carbonyl (C=O) groups is 1. The van der Waals surface area contributed by atoms with Crippen molar-refractivity contribution in [1.29, 1.82) is 5.26 Å². The van der Waals surface area contributed by atoms with Gasteiger partial charge in [-0.25, -0.2) is 0 Å². The van der Waals surface area contributed by atoms with E-state index in [0.717, 1.165) is 48.6 Å². The van der Waals surface area contributed by atoms with Crippen molar-refractivity contribution >= 4 is 16.8 Å². The molecular formula is C25H26N2O4. The van der Waals surface area contributed by atoms with Gasteiger partial charge in [-0.2, -0.15) is 5.26 Å². The number of pyridine rings is 1. The van der Waals surface area contributed by atoms with Crippen molar-refractivity contribution in [2.24, 2.45) is 0 Å². The lowest BCUT2D eigenvalue weighted by molar-refractivity contribution is 0.100. The summed E-state index contributed by atoms with van der Waals surface area (Å²) < 4.78 is 7.17. The highest BCUT2D eigenvalue weighted by molar-refractivity contribution is 6.12. The second-order valence-corrected chi connectivity index (χ2v) is 8.60. The molecule has 0 aliphatic heterocycles. The number of rotatable bonds is 3. The van der Waals surface area contributed by atoms with E-state index >= 15 is 0 Å². The van der Waals surface area contributed by atoms with Gasteiger partial charge in [-0.15, -0.1) is 0 Å². The Balaban J connectivity index is 1.95. The summed E-state index contributed by atoms with van der Waals surface area (Å²) in [7, 11) is 0. The third-order valence-electron chi connectivity index (χ3n) is 6.67. The number of fused-ring (bicyclic) bond motifs is 1. The molecule has 1 fully saturated rings. The molecule has 0 amide bonds. The molecule has 4 rings (SSSR count). The number of furan rings is 1. The lowest BCUT2D eigenvalue weighted by Gasteiger charge is -2.26. The summed E-state index contributed by atoms with van der Waals surface area (Å²) in [5.41, 5.74) is 2.94. The summed E-state index contributed by atoms with van der Waals surface area (Å²) in [6.07, 6.45) is 4.42. The number of nitrogens with zero attached hydrogens (tertiary/aromatic N) is 2. The highest BCUT2D eigenvalue weighted by Crippen LogP contribution is 2.35. The third-order valence-corrected chi connectivity index (χ3v) is 6.67. The van der Waals surface area contributed by atoms with Crippen LogP contribution < -0.4 is 5.56 Å². The molecule has 1 aromatic carbocycles. The van der Waals surface area contributed by atoms with Gasteiger partial charge in [0.05, 0.1) is 5.56 Å². The molecule has 0 saturated heterocycles. The molecular weight excluding hydrogens is 392 g/mol. The predicted octanol–water partition coefficient (Wildman–Crippen LogP) is 5.14. The molecule has 0 radical (unpaired) electrons. The van der Waals surface area contributed by atoms with Gasteiger partial charge in [0, 0.05) is 17.0 Å². The van der Waals surface area contributed by atoms with E-state index in [1.807, 2.05) is 39.0 Å². The summed E-state index contributed by atoms with van der Waals surface area (Å²) in [6.45, 7) is 7.31. The van der Waals surface area contributed by atoms with Crippen LogP contribution in [0.15, 0.2) is 21.3 Å². The van der Waals surface area contributed by atoms with Crippen molar-refractivity contribution in [3.8, 4) is 11.9 Å². The summed E-state index contributed by atoms with van der Waals surface area (Å²) >= 11 is 0. The first-order valence-electron chi connectivity index (χ1n) is 10.7. The minimum Gasteiger partial charge on any atom is -0.494 e. The van der Waals surface area contributed by atoms with Crippen LogP contribution in [0.3, 0.4) is 0 Å². The summed E-state index contributed by atoms with van der Waals surface area (Å²) in [5, 5.41) is 21.6. The zero-order chi connectivity index (χ0) is 22.4. The van der Waals surface area contributed by atoms with Gasteiger partial charge >= 0.3 is 0 Å². The second-order valence-electron chi connectivity index (χ2n) is 8.60. The zero-order valence-electron chi connectivity index (χ0n) is 18.3. The fourth-order valence-electron chi connectivity index (χ4n) is 4.68. The van der Waals surface area contributed by atoms with E-state index in [9.17, 15) is 20.0 Å². The number of ketones is 1. The first-order chi connectivity index (χ1) is 14.8. The van der Waals surface area contributed by atoms with E-state index in [0.29, 0.717) is 11.1 Å². The number of hydrogen-bond donors (Lipinski definition) is 1. The Bertz CT molecular complexity index is 1310. The molecule has 2 aromatic heterocycles. The van der Waals surface area contributed by atoms with E-state index in [4.69, 9.17) is 4.42 Å². The summed E-state index contributed by atoms with van der Waals surface area (Å²) in [5.74, 6) is -0.762. The van der Waals surface area contributed by atoms with Crippen molar-refractivity contribution in [2.75, 3.05) is 0 Å². The van der Waals surface area contributed by atoms with Gasteiger partial charge in [0.25, 0.3) is 5.56 Å². The highest BCUT2D eigenvalue weighted by Gasteiger charge is 2.31. The maximum absolute atomic E-state index is 13.6. The fraction of sp³-hybridized carbons (Fsp3) is 0.400. The maximum Gasteiger partial charge on any atom is 0.271 e. The van der Waals surface area contributed by atoms with Gasteiger partial charge in [-0.05, 0) is 69.4 Å². The molecule has 160 valence electrons. The van der Waals surface area contributed by atoms with E-state index in [-0.39, 0.29) is 34.4 Å². The van der Waals surface area contributed by atoms with Crippen LogP contribution in [0.2, 0.25) is 0 Å². The Morgan fingerprint density at radius 1 is 1.10 bits per heavy atom. The molecule has 1 N–H and O–H groups in total. The average Bonchev–Trinajstić information content (AvgIpc) is 3.05. The molecule has 0 atom stereocenters. The minimum atomic E-state index is -0.534. The quantitative estimate of drug-likeness (QED) is 0.594.